The number of nitrogens with zero attached hydrogens (tertiary/aromatic N) is 2. The van der Waals surface area contributed by atoms with Crippen LogP contribution >= 0.6 is 11.6 Å². The Morgan fingerprint density at radius 1 is 1.65 bits per heavy atom. The standard InChI is InChI=1S/C12H15ClN2O2/c1-8-3-11(17-2)14-6-10(8)15-7-9(5-13)4-12(15)16/h3,6,9H,4-5,7H2,1-2H3. The molecule has 0 aromatic carbocycles. The number of halogens is 1. The average Bonchev–Trinajstić information content (AvgIpc) is 2.70. The van der Waals surface area contributed by atoms with Crippen molar-refractivity contribution in [2.75, 3.05) is 24.4 Å². The first-order valence-corrected chi connectivity index (χ1v) is 6.06. The zero-order valence-corrected chi connectivity index (χ0v) is 10.7. The van der Waals surface area contributed by atoms with E-state index in [0.29, 0.717) is 24.7 Å². The van der Waals surface area contributed by atoms with Crippen molar-refractivity contribution in [1.29, 1.82) is 0 Å². The highest BCUT2D eigenvalue weighted by atomic mass is 35.5. The summed E-state index contributed by atoms with van der Waals surface area (Å²) in [6.45, 7) is 2.62. The van der Waals surface area contributed by atoms with Crippen molar-refractivity contribution in [3.8, 4) is 5.88 Å². The number of anilines is 1. The molecule has 1 saturated heterocycles. The number of rotatable bonds is 3. The number of aryl methyl sites for hydroxylation is 1. The maximum atomic E-state index is 11.9. The highest BCUT2D eigenvalue weighted by molar-refractivity contribution is 6.18. The van der Waals surface area contributed by atoms with Gasteiger partial charge < -0.3 is 9.64 Å². The molecule has 1 aromatic heterocycles. The van der Waals surface area contributed by atoms with Gasteiger partial charge in [-0.1, -0.05) is 0 Å². The van der Waals surface area contributed by atoms with E-state index in [4.69, 9.17) is 16.3 Å². The second kappa shape index (κ2) is 4.92. The van der Waals surface area contributed by atoms with Crippen LogP contribution in [-0.2, 0) is 4.79 Å². The number of carbonyl (C=O) groups excluding carboxylic acids is 1. The molecule has 92 valence electrons. The fourth-order valence-electron chi connectivity index (χ4n) is 2.03. The molecule has 0 N–H and O–H groups in total. The molecule has 0 aliphatic carbocycles. The molecule has 0 saturated carbocycles. The summed E-state index contributed by atoms with van der Waals surface area (Å²) in [5, 5.41) is 0. The van der Waals surface area contributed by atoms with Crippen LogP contribution in [0.4, 0.5) is 5.69 Å². The lowest BCUT2D eigenvalue weighted by molar-refractivity contribution is -0.117. The van der Waals surface area contributed by atoms with Crippen molar-refractivity contribution < 1.29 is 9.53 Å². The molecule has 0 radical (unpaired) electrons. The van der Waals surface area contributed by atoms with Crippen LogP contribution in [0.25, 0.3) is 0 Å². The fraction of sp³-hybridized carbons (Fsp3) is 0.500. The number of carbonyl (C=O) groups is 1. The molecule has 0 spiro atoms. The summed E-state index contributed by atoms with van der Waals surface area (Å²) in [5.74, 6) is 1.44. The third-order valence-corrected chi connectivity index (χ3v) is 3.42. The molecule has 4 nitrogen and oxygen atoms in total. The third-order valence-electron chi connectivity index (χ3n) is 2.98. The number of alkyl halides is 1. The van der Waals surface area contributed by atoms with Gasteiger partial charge in [-0.25, -0.2) is 4.98 Å². The fourth-order valence-corrected chi connectivity index (χ4v) is 2.24. The molecule has 1 aromatic rings. The maximum absolute atomic E-state index is 11.9. The van der Waals surface area contributed by atoms with Crippen LogP contribution < -0.4 is 9.64 Å². The van der Waals surface area contributed by atoms with E-state index in [-0.39, 0.29) is 11.8 Å². The Kier molecular flexibility index (Phi) is 3.52. The molecule has 0 bridgehead atoms. The van der Waals surface area contributed by atoms with Crippen LogP contribution in [0.2, 0.25) is 0 Å². The Hall–Kier alpha value is -1.29. The van der Waals surface area contributed by atoms with Crippen molar-refractivity contribution in [3.05, 3.63) is 17.8 Å². The van der Waals surface area contributed by atoms with Gasteiger partial charge in [0.15, 0.2) is 0 Å². The van der Waals surface area contributed by atoms with Gasteiger partial charge in [0.25, 0.3) is 0 Å². The molecular weight excluding hydrogens is 240 g/mol. The van der Waals surface area contributed by atoms with Crippen LogP contribution in [0.3, 0.4) is 0 Å². The first-order valence-electron chi connectivity index (χ1n) is 5.52. The smallest absolute Gasteiger partial charge is 0.227 e. The zero-order valence-electron chi connectivity index (χ0n) is 9.94. The first-order chi connectivity index (χ1) is 8.15. The summed E-state index contributed by atoms with van der Waals surface area (Å²) in [6.07, 6.45) is 2.21. The van der Waals surface area contributed by atoms with Gasteiger partial charge in [0.05, 0.1) is 19.0 Å². The summed E-state index contributed by atoms with van der Waals surface area (Å²) in [7, 11) is 1.58. The molecular formula is C12H15ClN2O2. The largest absolute Gasteiger partial charge is 0.481 e. The molecule has 1 aliphatic rings. The minimum absolute atomic E-state index is 0.116. The molecule has 5 heteroatoms. The van der Waals surface area contributed by atoms with Gasteiger partial charge in [0.1, 0.15) is 0 Å². The highest BCUT2D eigenvalue weighted by Crippen LogP contribution is 2.29. The van der Waals surface area contributed by atoms with E-state index in [1.165, 1.54) is 0 Å². The van der Waals surface area contributed by atoms with E-state index < -0.39 is 0 Å². The lowest BCUT2D eigenvalue weighted by Gasteiger charge is -2.18. The average molecular weight is 255 g/mol. The Morgan fingerprint density at radius 3 is 2.94 bits per heavy atom. The summed E-state index contributed by atoms with van der Waals surface area (Å²) < 4.78 is 5.05. The Labute approximate surface area is 106 Å². The van der Waals surface area contributed by atoms with Crippen molar-refractivity contribution >= 4 is 23.2 Å². The SMILES string of the molecule is COc1cc(C)c(N2CC(CCl)CC2=O)cn1. The number of hydrogen-bond donors (Lipinski definition) is 0. The first kappa shape index (κ1) is 12.2. The number of amides is 1. The molecule has 1 amide bonds. The van der Waals surface area contributed by atoms with Gasteiger partial charge >= 0.3 is 0 Å². The molecule has 1 fully saturated rings. The third kappa shape index (κ3) is 2.36. The van der Waals surface area contributed by atoms with E-state index in [1.54, 1.807) is 18.2 Å². The van der Waals surface area contributed by atoms with Crippen molar-refractivity contribution in [1.82, 2.24) is 4.98 Å². The molecule has 2 heterocycles. The molecule has 2 rings (SSSR count). The van der Waals surface area contributed by atoms with Gasteiger partial charge in [-0.2, -0.15) is 0 Å². The van der Waals surface area contributed by atoms with Crippen LogP contribution in [0.1, 0.15) is 12.0 Å². The maximum Gasteiger partial charge on any atom is 0.227 e. The number of methoxy groups -OCH3 is 1. The summed E-state index contributed by atoms with van der Waals surface area (Å²) in [4.78, 5) is 17.8. The Morgan fingerprint density at radius 2 is 2.41 bits per heavy atom. The summed E-state index contributed by atoms with van der Waals surface area (Å²) >= 11 is 5.80. The second-order valence-corrected chi connectivity index (χ2v) is 4.55. The van der Waals surface area contributed by atoms with Crippen molar-refractivity contribution in [2.24, 2.45) is 5.92 Å². The predicted molar refractivity (Wildman–Crippen MR) is 66.7 cm³/mol. The summed E-state index contributed by atoms with van der Waals surface area (Å²) in [6, 6.07) is 1.83. The van der Waals surface area contributed by atoms with E-state index in [1.807, 2.05) is 13.0 Å². The lowest BCUT2D eigenvalue weighted by atomic mass is 10.1. The number of hydrogen-bond acceptors (Lipinski definition) is 3. The zero-order chi connectivity index (χ0) is 12.4. The lowest BCUT2D eigenvalue weighted by Crippen LogP contribution is -2.25. The van der Waals surface area contributed by atoms with E-state index >= 15 is 0 Å². The normalized spacial score (nSPS) is 19.8. The monoisotopic (exact) mass is 254 g/mol. The molecule has 1 unspecified atom stereocenters. The second-order valence-electron chi connectivity index (χ2n) is 4.24. The van der Waals surface area contributed by atoms with E-state index in [2.05, 4.69) is 4.98 Å². The molecule has 17 heavy (non-hydrogen) atoms. The van der Waals surface area contributed by atoms with E-state index in [9.17, 15) is 4.79 Å². The number of ether oxygens (including phenoxy) is 1. The van der Waals surface area contributed by atoms with Crippen molar-refractivity contribution in [2.45, 2.75) is 13.3 Å². The Bertz CT molecular complexity index is 437. The minimum atomic E-state index is 0.116. The van der Waals surface area contributed by atoms with E-state index in [0.717, 1.165) is 11.3 Å². The van der Waals surface area contributed by atoms with Gasteiger partial charge in [-0.05, 0) is 18.4 Å². The van der Waals surface area contributed by atoms with Gasteiger partial charge in [0.2, 0.25) is 11.8 Å². The summed E-state index contributed by atoms with van der Waals surface area (Å²) in [5.41, 5.74) is 1.84. The van der Waals surface area contributed by atoms with Crippen molar-refractivity contribution in [3.63, 3.8) is 0 Å². The van der Waals surface area contributed by atoms with Crippen LogP contribution in [0.15, 0.2) is 12.3 Å². The predicted octanol–water partition coefficient (Wildman–Crippen LogP) is 1.99. The minimum Gasteiger partial charge on any atom is -0.481 e. The Balaban J connectivity index is 2.26. The molecule has 1 atom stereocenters. The van der Waals surface area contributed by atoms with Gasteiger partial charge in [0, 0.05) is 24.9 Å². The van der Waals surface area contributed by atoms with Gasteiger partial charge in [-0.3, -0.25) is 4.79 Å². The van der Waals surface area contributed by atoms with Crippen LogP contribution in [-0.4, -0.2) is 30.4 Å². The van der Waals surface area contributed by atoms with Crippen LogP contribution in [0, 0.1) is 12.8 Å². The number of pyridine rings is 1. The molecule has 1 aliphatic heterocycles. The van der Waals surface area contributed by atoms with Gasteiger partial charge in [-0.15, -0.1) is 11.6 Å². The van der Waals surface area contributed by atoms with Crippen LogP contribution in [0.5, 0.6) is 5.88 Å². The quantitative estimate of drug-likeness (QED) is 0.775. The highest BCUT2D eigenvalue weighted by Gasteiger charge is 2.30. The topological polar surface area (TPSA) is 42.4 Å². The number of aromatic nitrogens is 1.